The lowest BCUT2D eigenvalue weighted by molar-refractivity contribution is 0.315. The molecule has 1 aromatic heterocycles. The van der Waals surface area contributed by atoms with Crippen LogP contribution < -0.4 is 10.2 Å². The SMILES string of the molecule is COc1ccc(B(O)O)c(CN(C)Cc2ccoc2C)c1. The van der Waals surface area contributed by atoms with Crippen LogP contribution in [0.4, 0.5) is 0 Å². The molecule has 0 aliphatic heterocycles. The number of nitrogens with zero attached hydrogens (tertiary/aromatic N) is 1. The minimum absolute atomic E-state index is 0.492. The molecule has 21 heavy (non-hydrogen) atoms. The van der Waals surface area contributed by atoms with E-state index in [-0.39, 0.29) is 0 Å². The highest BCUT2D eigenvalue weighted by Gasteiger charge is 2.18. The molecule has 2 N–H and O–H groups in total. The first-order valence-corrected chi connectivity index (χ1v) is 6.75. The normalized spacial score (nSPS) is 11.0. The minimum atomic E-state index is -1.49. The molecule has 2 aromatic rings. The summed E-state index contributed by atoms with van der Waals surface area (Å²) in [5, 5.41) is 18.9. The molecule has 0 radical (unpaired) electrons. The monoisotopic (exact) mass is 289 g/mol. The summed E-state index contributed by atoms with van der Waals surface area (Å²) in [4.78, 5) is 2.08. The van der Waals surface area contributed by atoms with Crippen LogP contribution in [0.5, 0.6) is 5.75 Å². The smallest absolute Gasteiger partial charge is 0.488 e. The average Bonchev–Trinajstić information content (AvgIpc) is 2.83. The highest BCUT2D eigenvalue weighted by Crippen LogP contribution is 2.16. The number of rotatable bonds is 6. The second-order valence-electron chi connectivity index (χ2n) is 5.11. The number of furan rings is 1. The molecular formula is C15H20BNO4. The van der Waals surface area contributed by atoms with Crippen LogP contribution in [0.2, 0.25) is 0 Å². The van der Waals surface area contributed by atoms with Crippen LogP contribution in [-0.4, -0.2) is 36.2 Å². The van der Waals surface area contributed by atoms with E-state index < -0.39 is 7.12 Å². The molecule has 0 spiro atoms. The van der Waals surface area contributed by atoms with Gasteiger partial charge in [0.15, 0.2) is 0 Å². The van der Waals surface area contributed by atoms with Gasteiger partial charge < -0.3 is 19.2 Å². The van der Waals surface area contributed by atoms with Crippen LogP contribution in [-0.2, 0) is 13.1 Å². The number of methoxy groups -OCH3 is 1. The minimum Gasteiger partial charge on any atom is -0.497 e. The molecule has 0 fully saturated rings. The van der Waals surface area contributed by atoms with Crippen LogP contribution in [0.3, 0.4) is 0 Å². The van der Waals surface area contributed by atoms with Crippen LogP contribution in [0.15, 0.2) is 34.9 Å². The van der Waals surface area contributed by atoms with Gasteiger partial charge in [0.2, 0.25) is 0 Å². The van der Waals surface area contributed by atoms with Crippen molar-refractivity contribution < 1.29 is 19.2 Å². The maximum absolute atomic E-state index is 9.46. The molecule has 0 saturated heterocycles. The van der Waals surface area contributed by atoms with Gasteiger partial charge in [-0.1, -0.05) is 6.07 Å². The molecule has 0 atom stereocenters. The van der Waals surface area contributed by atoms with Gasteiger partial charge in [0.05, 0.1) is 13.4 Å². The van der Waals surface area contributed by atoms with Gasteiger partial charge in [-0.25, -0.2) is 0 Å². The lowest BCUT2D eigenvalue weighted by atomic mass is 9.77. The van der Waals surface area contributed by atoms with E-state index >= 15 is 0 Å². The van der Waals surface area contributed by atoms with E-state index in [4.69, 9.17) is 9.15 Å². The highest BCUT2D eigenvalue weighted by atomic mass is 16.5. The molecular weight excluding hydrogens is 269 g/mol. The third-order valence-electron chi connectivity index (χ3n) is 3.48. The standard InChI is InChI=1S/C15H20BNO4/c1-11-12(6-7-21-11)9-17(2)10-13-8-14(20-3)4-5-15(13)16(18)19/h4-8,18-19H,9-10H2,1-3H3. The summed E-state index contributed by atoms with van der Waals surface area (Å²) < 4.78 is 10.5. The second-order valence-corrected chi connectivity index (χ2v) is 5.11. The van der Waals surface area contributed by atoms with Gasteiger partial charge in [-0.05, 0) is 43.2 Å². The summed E-state index contributed by atoms with van der Waals surface area (Å²) in [5.74, 6) is 1.59. The molecule has 0 amide bonds. The maximum Gasteiger partial charge on any atom is 0.488 e. The molecule has 0 aliphatic rings. The van der Waals surface area contributed by atoms with Gasteiger partial charge >= 0.3 is 7.12 Å². The molecule has 0 saturated carbocycles. The first kappa shape index (κ1) is 15.6. The number of benzene rings is 1. The summed E-state index contributed by atoms with van der Waals surface area (Å²) >= 11 is 0. The van der Waals surface area contributed by atoms with Crippen LogP contribution in [0.1, 0.15) is 16.9 Å². The van der Waals surface area contributed by atoms with Crippen molar-refractivity contribution in [2.75, 3.05) is 14.2 Å². The van der Waals surface area contributed by atoms with Crippen LogP contribution in [0, 0.1) is 6.92 Å². The fourth-order valence-electron chi connectivity index (χ4n) is 2.31. The van der Waals surface area contributed by atoms with E-state index in [0.717, 1.165) is 23.4 Å². The number of aryl methyl sites for hydroxylation is 1. The Labute approximate surface area is 124 Å². The average molecular weight is 289 g/mol. The number of ether oxygens (including phenoxy) is 1. The highest BCUT2D eigenvalue weighted by molar-refractivity contribution is 6.59. The van der Waals surface area contributed by atoms with Crippen LogP contribution >= 0.6 is 0 Å². The molecule has 0 unspecified atom stereocenters. The van der Waals surface area contributed by atoms with Crippen molar-refractivity contribution in [3.8, 4) is 5.75 Å². The maximum atomic E-state index is 9.46. The van der Waals surface area contributed by atoms with Crippen LogP contribution in [0.25, 0.3) is 0 Å². The predicted octanol–water partition coefficient (Wildman–Crippen LogP) is 0.908. The topological polar surface area (TPSA) is 66.1 Å². The van der Waals surface area contributed by atoms with Crippen molar-refractivity contribution in [2.24, 2.45) is 0 Å². The number of hydrogen-bond acceptors (Lipinski definition) is 5. The first-order valence-electron chi connectivity index (χ1n) is 6.75. The van der Waals surface area contributed by atoms with Crippen molar-refractivity contribution in [3.05, 3.63) is 47.4 Å². The Morgan fingerprint density at radius 2 is 1.90 bits per heavy atom. The molecule has 0 aliphatic carbocycles. The summed E-state index contributed by atoms with van der Waals surface area (Å²) in [6, 6.07) is 7.17. The Bertz CT molecular complexity index is 597. The van der Waals surface area contributed by atoms with E-state index in [1.165, 1.54) is 0 Å². The van der Waals surface area contributed by atoms with Crippen molar-refractivity contribution in [1.29, 1.82) is 0 Å². The van der Waals surface area contributed by atoms with Gasteiger partial charge in [-0.3, -0.25) is 4.90 Å². The Hall–Kier alpha value is -1.76. The third kappa shape index (κ3) is 3.88. The summed E-state index contributed by atoms with van der Waals surface area (Å²) in [7, 11) is 2.07. The fourth-order valence-corrected chi connectivity index (χ4v) is 2.31. The van der Waals surface area contributed by atoms with E-state index in [9.17, 15) is 10.0 Å². The molecule has 112 valence electrons. The molecule has 5 nitrogen and oxygen atoms in total. The molecule has 0 bridgehead atoms. The largest absolute Gasteiger partial charge is 0.497 e. The Morgan fingerprint density at radius 3 is 2.48 bits per heavy atom. The second kappa shape index (κ2) is 6.80. The molecule has 1 aromatic carbocycles. The summed E-state index contributed by atoms with van der Waals surface area (Å²) in [6.07, 6.45) is 1.67. The van der Waals surface area contributed by atoms with E-state index in [0.29, 0.717) is 17.8 Å². The summed E-state index contributed by atoms with van der Waals surface area (Å²) in [5.41, 5.74) is 2.44. The van der Waals surface area contributed by atoms with Gasteiger partial charge in [0.25, 0.3) is 0 Å². The lowest BCUT2D eigenvalue weighted by Crippen LogP contribution is -2.35. The zero-order valence-electron chi connectivity index (χ0n) is 12.5. The number of hydrogen-bond donors (Lipinski definition) is 2. The molecule has 6 heteroatoms. The van der Waals surface area contributed by atoms with Gasteiger partial charge in [-0.15, -0.1) is 0 Å². The zero-order valence-corrected chi connectivity index (χ0v) is 12.5. The Kier molecular flexibility index (Phi) is 5.06. The lowest BCUT2D eigenvalue weighted by Gasteiger charge is -2.19. The van der Waals surface area contributed by atoms with Gasteiger partial charge in [0, 0.05) is 18.7 Å². The third-order valence-corrected chi connectivity index (χ3v) is 3.48. The van der Waals surface area contributed by atoms with E-state index in [1.54, 1.807) is 25.5 Å². The fraction of sp³-hybridized carbons (Fsp3) is 0.333. The van der Waals surface area contributed by atoms with E-state index in [1.807, 2.05) is 26.1 Å². The summed E-state index contributed by atoms with van der Waals surface area (Å²) in [6.45, 7) is 3.23. The van der Waals surface area contributed by atoms with Crippen molar-refractivity contribution in [2.45, 2.75) is 20.0 Å². The first-order chi connectivity index (χ1) is 10.0. The van der Waals surface area contributed by atoms with E-state index in [2.05, 4.69) is 4.90 Å². The van der Waals surface area contributed by atoms with Crippen molar-refractivity contribution in [3.63, 3.8) is 0 Å². The van der Waals surface area contributed by atoms with Gasteiger partial charge in [-0.2, -0.15) is 0 Å². The predicted molar refractivity (Wildman–Crippen MR) is 81.4 cm³/mol. The molecule has 1 heterocycles. The van der Waals surface area contributed by atoms with Crippen molar-refractivity contribution in [1.82, 2.24) is 4.90 Å². The van der Waals surface area contributed by atoms with Crippen molar-refractivity contribution >= 4 is 12.6 Å². The molecule has 2 rings (SSSR count). The van der Waals surface area contributed by atoms with Gasteiger partial charge in [0.1, 0.15) is 11.5 Å². The Balaban J connectivity index is 2.15. The zero-order chi connectivity index (χ0) is 15.4. The Morgan fingerprint density at radius 1 is 1.19 bits per heavy atom. The quantitative estimate of drug-likeness (QED) is 0.774.